The molecule has 22 heavy (non-hydrogen) atoms. The number of hydrogen-bond donors (Lipinski definition) is 0. The molecule has 114 valence electrons. The monoisotopic (exact) mass is 334 g/mol. The summed E-state index contributed by atoms with van der Waals surface area (Å²) in [5.41, 5.74) is 2.51. The fraction of sp³-hybridized carbons (Fsp3) is 0.250. The van der Waals surface area contributed by atoms with Crippen molar-refractivity contribution in [1.29, 1.82) is 0 Å². The van der Waals surface area contributed by atoms with Crippen molar-refractivity contribution in [3.05, 3.63) is 46.1 Å². The van der Waals surface area contributed by atoms with Gasteiger partial charge in [-0.1, -0.05) is 41.1 Å². The maximum atomic E-state index is 12.1. The Hall–Kier alpha value is -1.85. The molecule has 0 atom stereocenters. The van der Waals surface area contributed by atoms with Gasteiger partial charge in [-0.05, 0) is 26.8 Å². The molecule has 0 radical (unpaired) electrons. The lowest BCUT2D eigenvalue weighted by Gasteiger charge is -2.06. The highest BCUT2D eigenvalue weighted by Crippen LogP contribution is 2.31. The van der Waals surface area contributed by atoms with Crippen molar-refractivity contribution in [2.24, 2.45) is 0 Å². The Labute approximate surface area is 137 Å². The molecular weight excluding hydrogens is 320 g/mol. The van der Waals surface area contributed by atoms with Crippen LogP contribution in [0.25, 0.3) is 16.2 Å². The van der Waals surface area contributed by atoms with Gasteiger partial charge in [0.05, 0.1) is 16.8 Å². The molecule has 0 fully saturated rings. The first-order chi connectivity index (χ1) is 10.5. The molecule has 0 aliphatic heterocycles. The molecule has 2 aromatic heterocycles. The SMILES string of the molecule is Cc1c(C(=O)OC(C)C)sc2nc(-c3ccccc3Cl)cn12. The van der Waals surface area contributed by atoms with E-state index in [1.54, 1.807) is 0 Å². The summed E-state index contributed by atoms with van der Waals surface area (Å²) in [7, 11) is 0. The molecule has 0 aliphatic rings. The van der Waals surface area contributed by atoms with Crippen LogP contribution in [0, 0.1) is 6.92 Å². The summed E-state index contributed by atoms with van der Waals surface area (Å²) in [4.78, 5) is 18.0. The van der Waals surface area contributed by atoms with E-state index in [4.69, 9.17) is 16.3 Å². The second kappa shape index (κ2) is 5.74. The number of esters is 1. The van der Waals surface area contributed by atoms with Crippen LogP contribution in [-0.4, -0.2) is 21.5 Å². The fourth-order valence-corrected chi connectivity index (χ4v) is 3.43. The van der Waals surface area contributed by atoms with Crippen LogP contribution in [-0.2, 0) is 4.74 Å². The number of aryl methyl sites for hydroxylation is 1. The molecule has 0 bridgehead atoms. The van der Waals surface area contributed by atoms with Crippen molar-refractivity contribution in [3.63, 3.8) is 0 Å². The minimum atomic E-state index is -0.303. The van der Waals surface area contributed by atoms with E-state index in [1.165, 1.54) is 11.3 Å². The third-order valence-electron chi connectivity index (χ3n) is 3.23. The highest BCUT2D eigenvalue weighted by Gasteiger charge is 2.20. The number of rotatable bonds is 3. The van der Waals surface area contributed by atoms with Gasteiger partial charge in [0.15, 0.2) is 4.96 Å². The van der Waals surface area contributed by atoms with Crippen LogP contribution in [0.1, 0.15) is 29.2 Å². The molecule has 0 N–H and O–H groups in total. The van der Waals surface area contributed by atoms with Gasteiger partial charge >= 0.3 is 5.97 Å². The lowest BCUT2D eigenvalue weighted by molar-refractivity contribution is 0.0382. The molecule has 0 saturated heterocycles. The number of carbonyl (C=O) groups excluding carboxylic acids is 1. The molecule has 0 saturated carbocycles. The average molecular weight is 335 g/mol. The molecule has 2 heterocycles. The van der Waals surface area contributed by atoms with Crippen LogP contribution < -0.4 is 0 Å². The number of fused-ring (bicyclic) bond motifs is 1. The Bertz CT molecular complexity index is 851. The first-order valence-corrected chi connectivity index (χ1v) is 8.11. The largest absolute Gasteiger partial charge is 0.459 e. The molecule has 1 aromatic carbocycles. The summed E-state index contributed by atoms with van der Waals surface area (Å²) in [5, 5.41) is 0.658. The number of ether oxygens (including phenoxy) is 1. The van der Waals surface area contributed by atoms with Gasteiger partial charge in [0.2, 0.25) is 0 Å². The van der Waals surface area contributed by atoms with Gasteiger partial charge in [-0.2, -0.15) is 0 Å². The summed E-state index contributed by atoms with van der Waals surface area (Å²) >= 11 is 7.54. The van der Waals surface area contributed by atoms with Gasteiger partial charge in [-0.3, -0.25) is 4.40 Å². The van der Waals surface area contributed by atoms with Crippen molar-refractivity contribution >= 4 is 33.9 Å². The van der Waals surface area contributed by atoms with E-state index in [2.05, 4.69) is 4.98 Å². The van der Waals surface area contributed by atoms with Crippen LogP contribution >= 0.6 is 22.9 Å². The summed E-state index contributed by atoms with van der Waals surface area (Å²) in [6.07, 6.45) is 1.76. The molecule has 6 heteroatoms. The first-order valence-electron chi connectivity index (χ1n) is 6.91. The van der Waals surface area contributed by atoms with Crippen molar-refractivity contribution in [2.45, 2.75) is 26.9 Å². The molecule has 0 aliphatic carbocycles. The second-order valence-corrected chi connectivity index (χ2v) is 6.61. The average Bonchev–Trinajstić information content (AvgIpc) is 2.99. The predicted octanol–water partition coefficient (Wildman–Crippen LogP) is 4.59. The Morgan fingerprint density at radius 1 is 1.36 bits per heavy atom. The van der Waals surface area contributed by atoms with Gasteiger partial charge in [-0.25, -0.2) is 9.78 Å². The van der Waals surface area contributed by atoms with E-state index in [0.717, 1.165) is 21.9 Å². The zero-order chi connectivity index (χ0) is 15.9. The van der Waals surface area contributed by atoms with Gasteiger partial charge in [0, 0.05) is 17.5 Å². The molecule has 0 amide bonds. The predicted molar refractivity (Wildman–Crippen MR) is 88.8 cm³/mol. The lowest BCUT2D eigenvalue weighted by atomic mass is 10.2. The molecule has 3 aromatic rings. The summed E-state index contributed by atoms with van der Waals surface area (Å²) < 4.78 is 7.16. The first kappa shape index (κ1) is 15.1. The van der Waals surface area contributed by atoms with E-state index in [1.807, 2.05) is 55.6 Å². The molecular formula is C16H15ClN2O2S. The maximum Gasteiger partial charge on any atom is 0.350 e. The van der Waals surface area contributed by atoms with Crippen LogP contribution in [0.3, 0.4) is 0 Å². The van der Waals surface area contributed by atoms with E-state index >= 15 is 0 Å². The Morgan fingerprint density at radius 2 is 2.09 bits per heavy atom. The third kappa shape index (κ3) is 2.62. The van der Waals surface area contributed by atoms with E-state index in [9.17, 15) is 4.79 Å². The molecule has 0 spiro atoms. The quantitative estimate of drug-likeness (QED) is 0.658. The van der Waals surface area contributed by atoms with Crippen molar-refractivity contribution in [1.82, 2.24) is 9.38 Å². The van der Waals surface area contributed by atoms with Gasteiger partial charge < -0.3 is 4.74 Å². The van der Waals surface area contributed by atoms with E-state index < -0.39 is 0 Å². The van der Waals surface area contributed by atoms with Crippen LogP contribution in [0.5, 0.6) is 0 Å². The van der Waals surface area contributed by atoms with Gasteiger partial charge in [0.1, 0.15) is 4.88 Å². The van der Waals surface area contributed by atoms with Crippen LogP contribution in [0.4, 0.5) is 0 Å². The number of benzene rings is 1. The fourth-order valence-electron chi connectivity index (χ4n) is 2.21. The topological polar surface area (TPSA) is 43.6 Å². The zero-order valence-corrected chi connectivity index (χ0v) is 14.0. The van der Waals surface area contributed by atoms with Gasteiger partial charge in [-0.15, -0.1) is 0 Å². The summed E-state index contributed by atoms with van der Waals surface area (Å²) in [5.74, 6) is -0.303. The van der Waals surface area contributed by atoms with Crippen LogP contribution in [0.15, 0.2) is 30.5 Å². The highest BCUT2D eigenvalue weighted by atomic mass is 35.5. The lowest BCUT2D eigenvalue weighted by Crippen LogP contribution is -2.11. The van der Waals surface area contributed by atoms with Crippen molar-refractivity contribution < 1.29 is 9.53 Å². The Morgan fingerprint density at radius 3 is 2.73 bits per heavy atom. The maximum absolute atomic E-state index is 12.1. The number of imidazole rings is 1. The summed E-state index contributed by atoms with van der Waals surface area (Å²) in [6.45, 7) is 5.56. The number of nitrogens with zero attached hydrogens (tertiary/aromatic N) is 2. The number of halogens is 1. The highest BCUT2D eigenvalue weighted by molar-refractivity contribution is 7.19. The van der Waals surface area contributed by atoms with Crippen LogP contribution in [0.2, 0.25) is 5.02 Å². The zero-order valence-electron chi connectivity index (χ0n) is 12.5. The smallest absolute Gasteiger partial charge is 0.350 e. The number of hydrogen-bond acceptors (Lipinski definition) is 4. The molecule has 4 nitrogen and oxygen atoms in total. The van der Waals surface area contributed by atoms with E-state index in [-0.39, 0.29) is 12.1 Å². The van der Waals surface area contributed by atoms with E-state index in [0.29, 0.717) is 9.90 Å². The number of aromatic nitrogens is 2. The van der Waals surface area contributed by atoms with Crippen molar-refractivity contribution in [3.8, 4) is 11.3 Å². The second-order valence-electron chi connectivity index (χ2n) is 5.23. The number of thiazole rings is 1. The Kier molecular flexibility index (Phi) is 3.93. The number of carbonyl (C=O) groups is 1. The standard InChI is InChI=1S/C16H15ClN2O2S/c1-9(2)21-15(20)14-10(3)19-8-13(18-16(19)22-14)11-6-4-5-7-12(11)17/h4-9H,1-3H3. The molecule has 3 rings (SSSR count). The normalized spacial score (nSPS) is 11.3. The summed E-state index contributed by atoms with van der Waals surface area (Å²) in [6, 6.07) is 7.57. The third-order valence-corrected chi connectivity index (χ3v) is 4.70. The molecule has 0 unspecified atom stereocenters. The van der Waals surface area contributed by atoms with Gasteiger partial charge in [0.25, 0.3) is 0 Å². The minimum absolute atomic E-state index is 0.139. The minimum Gasteiger partial charge on any atom is -0.459 e. The Balaban J connectivity index is 2.03. The van der Waals surface area contributed by atoms with Crippen molar-refractivity contribution in [2.75, 3.05) is 0 Å².